The van der Waals surface area contributed by atoms with Crippen molar-refractivity contribution in [3.8, 4) is 5.75 Å². The maximum atomic E-state index is 5.50. The first-order valence-corrected chi connectivity index (χ1v) is 5.15. The summed E-state index contributed by atoms with van der Waals surface area (Å²) in [7, 11) is 0. The van der Waals surface area contributed by atoms with Gasteiger partial charge in [-0.05, 0) is 38.0 Å². The Morgan fingerprint density at radius 2 is 2.21 bits per heavy atom. The molecule has 2 rings (SSSR count). The highest BCUT2D eigenvalue weighted by Crippen LogP contribution is 2.32. The lowest BCUT2D eigenvalue weighted by molar-refractivity contribution is 0.337. The van der Waals surface area contributed by atoms with Crippen molar-refractivity contribution in [2.75, 3.05) is 13.2 Å². The van der Waals surface area contributed by atoms with Crippen LogP contribution in [0.25, 0.3) is 0 Å². The molecule has 14 heavy (non-hydrogen) atoms. The van der Waals surface area contributed by atoms with Gasteiger partial charge in [0.1, 0.15) is 5.75 Å². The van der Waals surface area contributed by atoms with Crippen LogP contribution in [0.3, 0.4) is 0 Å². The van der Waals surface area contributed by atoms with E-state index in [9.17, 15) is 0 Å². The maximum absolute atomic E-state index is 5.50. The minimum absolute atomic E-state index is 0.218. The van der Waals surface area contributed by atoms with Gasteiger partial charge >= 0.3 is 0 Å². The fourth-order valence-electron chi connectivity index (χ4n) is 1.65. The van der Waals surface area contributed by atoms with Crippen LogP contribution in [0.5, 0.6) is 5.75 Å². The molecule has 0 saturated carbocycles. The van der Waals surface area contributed by atoms with E-state index in [0.717, 1.165) is 18.9 Å². The summed E-state index contributed by atoms with van der Waals surface area (Å²) in [6, 6.07) is 6.43. The number of rotatable bonds is 3. The van der Waals surface area contributed by atoms with Crippen molar-refractivity contribution in [3.63, 3.8) is 0 Å². The molecule has 1 N–H and O–H groups in total. The molecular formula is C12H17NO. The summed E-state index contributed by atoms with van der Waals surface area (Å²) in [5.41, 5.74) is 2.80. The number of benzene rings is 1. The molecule has 1 aromatic carbocycles. The molecule has 0 aromatic heterocycles. The number of hydrogen-bond acceptors (Lipinski definition) is 2. The number of hydrogen-bond donors (Lipinski definition) is 1. The lowest BCUT2D eigenvalue weighted by atomic mass is 9.99. The molecule has 2 heteroatoms. The zero-order valence-electron chi connectivity index (χ0n) is 9.05. The Kier molecular flexibility index (Phi) is 2.23. The van der Waals surface area contributed by atoms with Crippen LogP contribution in [0.4, 0.5) is 0 Å². The summed E-state index contributed by atoms with van der Waals surface area (Å²) in [6.45, 7) is 8.15. The molecular weight excluding hydrogens is 174 g/mol. The molecule has 1 atom stereocenters. The Labute approximate surface area is 85.3 Å². The quantitative estimate of drug-likeness (QED) is 0.743. The molecule has 0 radical (unpaired) electrons. The second kappa shape index (κ2) is 3.28. The molecule has 1 aromatic rings. The number of aryl methyl sites for hydroxylation is 1. The van der Waals surface area contributed by atoms with Crippen LogP contribution in [0, 0.1) is 6.92 Å². The normalized spacial score (nSPS) is 24.8. The van der Waals surface area contributed by atoms with Crippen molar-refractivity contribution in [1.82, 2.24) is 5.32 Å². The fourth-order valence-corrected chi connectivity index (χ4v) is 1.65. The first-order chi connectivity index (χ1) is 6.65. The van der Waals surface area contributed by atoms with E-state index in [-0.39, 0.29) is 5.54 Å². The summed E-state index contributed by atoms with van der Waals surface area (Å²) in [6.07, 6.45) is 0. The minimum Gasteiger partial charge on any atom is -0.494 e. The molecule has 1 heterocycles. The summed E-state index contributed by atoms with van der Waals surface area (Å²) >= 11 is 0. The van der Waals surface area contributed by atoms with E-state index in [4.69, 9.17) is 4.74 Å². The molecule has 0 spiro atoms. The van der Waals surface area contributed by atoms with Gasteiger partial charge in [0.2, 0.25) is 0 Å². The van der Waals surface area contributed by atoms with E-state index in [1.807, 2.05) is 6.92 Å². The van der Waals surface area contributed by atoms with E-state index < -0.39 is 0 Å². The van der Waals surface area contributed by atoms with E-state index in [1.165, 1.54) is 11.1 Å². The van der Waals surface area contributed by atoms with Crippen molar-refractivity contribution < 1.29 is 4.74 Å². The van der Waals surface area contributed by atoms with Crippen molar-refractivity contribution in [2.45, 2.75) is 26.3 Å². The molecule has 1 saturated heterocycles. The van der Waals surface area contributed by atoms with Gasteiger partial charge in [0, 0.05) is 6.54 Å². The molecule has 1 unspecified atom stereocenters. The number of ether oxygens (including phenoxy) is 1. The first kappa shape index (κ1) is 9.53. The van der Waals surface area contributed by atoms with Crippen molar-refractivity contribution >= 4 is 0 Å². The zero-order chi connectivity index (χ0) is 10.2. The largest absolute Gasteiger partial charge is 0.494 e. The van der Waals surface area contributed by atoms with Crippen molar-refractivity contribution in [1.29, 1.82) is 0 Å². The zero-order valence-corrected chi connectivity index (χ0v) is 9.05. The van der Waals surface area contributed by atoms with Gasteiger partial charge in [-0.15, -0.1) is 0 Å². The lowest BCUT2D eigenvalue weighted by Gasteiger charge is -2.12. The minimum atomic E-state index is 0.218. The molecule has 76 valence electrons. The highest BCUT2D eigenvalue weighted by molar-refractivity contribution is 5.41. The van der Waals surface area contributed by atoms with Crippen LogP contribution in [-0.2, 0) is 5.54 Å². The smallest absolute Gasteiger partial charge is 0.122 e. The topological polar surface area (TPSA) is 31.2 Å². The Bertz CT molecular complexity index is 342. The highest BCUT2D eigenvalue weighted by Gasteiger charge is 2.38. The summed E-state index contributed by atoms with van der Waals surface area (Å²) in [5, 5.41) is 3.36. The monoisotopic (exact) mass is 191 g/mol. The summed E-state index contributed by atoms with van der Waals surface area (Å²) in [4.78, 5) is 0. The Morgan fingerprint density at radius 3 is 2.71 bits per heavy atom. The third-order valence-electron chi connectivity index (χ3n) is 2.82. The van der Waals surface area contributed by atoms with Gasteiger partial charge in [-0.3, -0.25) is 0 Å². The van der Waals surface area contributed by atoms with E-state index >= 15 is 0 Å². The Hall–Kier alpha value is -1.02. The highest BCUT2D eigenvalue weighted by atomic mass is 16.5. The third kappa shape index (κ3) is 1.62. The van der Waals surface area contributed by atoms with Gasteiger partial charge < -0.3 is 10.1 Å². The van der Waals surface area contributed by atoms with Gasteiger partial charge in [-0.2, -0.15) is 0 Å². The average molecular weight is 191 g/mol. The Morgan fingerprint density at radius 1 is 1.50 bits per heavy atom. The van der Waals surface area contributed by atoms with E-state index in [1.54, 1.807) is 0 Å². The number of nitrogens with one attached hydrogen (secondary N) is 1. The average Bonchev–Trinajstić information content (AvgIpc) is 2.89. The van der Waals surface area contributed by atoms with Crippen LogP contribution in [-0.4, -0.2) is 13.2 Å². The Balaban J connectivity index is 2.26. The SMILES string of the molecule is CCOc1ccc(C2(C)CN2)cc1C. The van der Waals surface area contributed by atoms with Gasteiger partial charge in [0.15, 0.2) is 0 Å². The predicted molar refractivity (Wildman–Crippen MR) is 57.7 cm³/mol. The molecule has 0 amide bonds. The van der Waals surface area contributed by atoms with Gasteiger partial charge in [0.05, 0.1) is 12.1 Å². The van der Waals surface area contributed by atoms with Crippen LogP contribution in [0.2, 0.25) is 0 Å². The molecule has 1 aliphatic heterocycles. The summed E-state index contributed by atoms with van der Waals surface area (Å²) in [5.74, 6) is 1.00. The van der Waals surface area contributed by atoms with Gasteiger partial charge in [-0.25, -0.2) is 0 Å². The predicted octanol–water partition coefficient (Wildman–Crippen LogP) is 2.21. The maximum Gasteiger partial charge on any atom is 0.122 e. The van der Waals surface area contributed by atoms with Gasteiger partial charge in [0.25, 0.3) is 0 Å². The molecule has 2 nitrogen and oxygen atoms in total. The van der Waals surface area contributed by atoms with Crippen molar-refractivity contribution in [2.24, 2.45) is 0 Å². The second-order valence-corrected chi connectivity index (χ2v) is 4.10. The molecule has 1 aliphatic rings. The van der Waals surface area contributed by atoms with E-state index in [0.29, 0.717) is 0 Å². The lowest BCUT2D eigenvalue weighted by Crippen LogP contribution is -2.07. The van der Waals surface area contributed by atoms with Crippen LogP contribution < -0.4 is 10.1 Å². The van der Waals surface area contributed by atoms with Crippen LogP contribution in [0.1, 0.15) is 25.0 Å². The molecule has 0 bridgehead atoms. The third-order valence-corrected chi connectivity index (χ3v) is 2.82. The second-order valence-electron chi connectivity index (χ2n) is 4.10. The standard InChI is InChI=1S/C12H17NO/c1-4-14-11-6-5-10(7-9(11)2)12(3)8-13-12/h5-7,13H,4,8H2,1-3H3. The van der Waals surface area contributed by atoms with Crippen LogP contribution >= 0.6 is 0 Å². The van der Waals surface area contributed by atoms with Gasteiger partial charge in [-0.1, -0.05) is 12.1 Å². The van der Waals surface area contributed by atoms with Crippen LogP contribution in [0.15, 0.2) is 18.2 Å². The first-order valence-electron chi connectivity index (χ1n) is 5.15. The van der Waals surface area contributed by atoms with Crippen molar-refractivity contribution in [3.05, 3.63) is 29.3 Å². The fraction of sp³-hybridized carbons (Fsp3) is 0.500. The summed E-state index contributed by atoms with van der Waals surface area (Å²) < 4.78 is 5.50. The molecule has 0 aliphatic carbocycles. The molecule has 1 fully saturated rings. The van der Waals surface area contributed by atoms with E-state index in [2.05, 4.69) is 37.4 Å².